The van der Waals surface area contributed by atoms with E-state index in [0.29, 0.717) is 29.1 Å². The molecule has 0 unspecified atom stereocenters. The molecule has 0 aliphatic carbocycles. The van der Waals surface area contributed by atoms with Gasteiger partial charge in [-0.1, -0.05) is 6.92 Å². The fourth-order valence-corrected chi connectivity index (χ4v) is 3.74. The summed E-state index contributed by atoms with van der Waals surface area (Å²) in [7, 11) is 1.51. The maximum atomic E-state index is 13.3. The minimum Gasteiger partial charge on any atom is -0.508 e. The van der Waals surface area contributed by atoms with Crippen LogP contribution in [-0.2, 0) is 24.2 Å². The Kier molecular flexibility index (Phi) is 7.74. The van der Waals surface area contributed by atoms with Crippen molar-refractivity contribution < 1.29 is 34.1 Å². The normalized spacial score (nSPS) is 10.8. The molecule has 174 valence electrons. The summed E-state index contributed by atoms with van der Waals surface area (Å²) in [6, 6.07) is 10.9. The molecular formula is C25H27NO7. The predicted octanol–water partition coefficient (Wildman–Crippen LogP) is 3.06. The predicted molar refractivity (Wildman–Crippen MR) is 120 cm³/mol. The summed E-state index contributed by atoms with van der Waals surface area (Å²) in [4.78, 5) is 27.9. The fourth-order valence-electron chi connectivity index (χ4n) is 3.74. The monoisotopic (exact) mass is 453 g/mol. The van der Waals surface area contributed by atoms with E-state index in [1.807, 2.05) is 0 Å². The number of phenolic OH excluding ortho intramolecular Hbond substituents is 2. The van der Waals surface area contributed by atoms with Gasteiger partial charge in [0.05, 0.1) is 38.5 Å². The number of phenols is 2. The van der Waals surface area contributed by atoms with Gasteiger partial charge in [-0.2, -0.15) is 0 Å². The number of methoxy groups -OCH3 is 1. The van der Waals surface area contributed by atoms with Crippen LogP contribution in [-0.4, -0.2) is 52.2 Å². The van der Waals surface area contributed by atoms with Crippen molar-refractivity contribution in [2.24, 2.45) is 0 Å². The van der Waals surface area contributed by atoms with Crippen molar-refractivity contribution in [2.45, 2.75) is 26.3 Å². The lowest BCUT2D eigenvalue weighted by atomic mass is 9.89. The topological polar surface area (TPSA) is 120 Å². The van der Waals surface area contributed by atoms with Crippen molar-refractivity contribution in [2.75, 3.05) is 20.3 Å². The number of carbonyl (C=O) groups excluding carboxylic acids is 2. The van der Waals surface area contributed by atoms with Gasteiger partial charge in [0.15, 0.2) is 5.78 Å². The largest absolute Gasteiger partial charge is 0.508 e. The SMILES string of the molecule is CCc1c(O)cc(O)c(C(=O)c2ccc(OC)cc2)c1CC(=O)N(CCO)Cc1ccco1. The number of aliphatic hydroxyl groups excluding tert-OH is 1. The molecule has 8 nitrogen and oxygen atoms in total. The lowest BCUT2D eigenvalue weighted by molar-refractivity contribution is -0.131. The van der Waals surface area contributed by atoms with Crippen LogP contribution in [0.25, 0.3) is 0 Å². The molecule has 0 radical (unpaired) electrons. The average Bonchev–Trinajstić information content (AvgIpc) is 3.32. The van der Waals surface area contributed by atoms with E-state index in [9.17, 15) is 24.9 Å². The first-order valence-electron chi connectivity index (χ1n) is 10.6. The third-order valence-corrected chi connectivity index (χ3v) is 5.42. The number of ether oxygens (including phenoxy) is 1. The molecule has 1 amide bonds. The van der Waals surface area contributed by atoms with Crippen LogP contribution in [0.1, 0.15) is 39.7 Å². The zero-order chi connectivity index (χ0) is 24.0. The van der Waals surface area contributed by atoms with Crippen molar-refractivity contribution in [3.8, 4) is 17.2 Å². The molecule has 1 heterocycles. The molecule has 33 heavy (non-hydrogen) atoms. The van der Waals surface area contributed by atoms with Gasteiger partial charge >= 0.3 is 0 Å². The Hall–Kier alpha value is -3.78. The zero-order valence-electron chi connectivity index (χ0n) is 18.6. The van der Waals surface area contributed by atoms with Gasteiger partial charge in [-0.3, -0.25) is 9.59 Å². The Morgan fingerprint density at radius 2 is 1.79 bits per heavy atom. The van der Waals surface area contributed by atoms with Crippen LogP contribution >= 0.6 is 0 Å². The molecule has 0 saturated heterocycles. The van der Waals surface area contributed by atoms with Crippen LogP contribution in [0.4, 0.5) is 0 Å². The summed E-state index contributed by atoms with van der Waals surface area (Å²) in [6.45, 7) is 1.74. The molecule has 2 aromatic carbocycles. The first-order valence-corrected chi connectivity index (χ1v) is 10.6. The highest BCUT2D eigenvalue weighted by Crippen LogP contribution is 2.35. The number of ketones is 1. The maximum absolute atomic E-state index is 13.3. The molecule has 0 bridgehead atoms. The smallest absolute Gasteiger partial charge is 0.227 e. The van der Waals surface area contributed by atoms with Gasteiger partial charge in [-0.25, -0.2) is 0 Å². The third-order valence-electron chi connectivity index (χ3n) is 5.42. The van der Waals surface area contributed by atoms with Crippen molar-refractivity contribution in [3.63, 3.8) is 0 Å². The van der Waals surface area contributed by atoms with E-state index in [4.69, 9.17) is 9.15 Å². The van der Waals surface area contributed by atoms with E-state index in [2.05, 4.69) is 0 Å². The Bertz CT molecular complexity index is 1100. The van der Waals surface area contributed by atoms with Crippen molar-refractivity contribution >= 4 is 11.7 Å². The fraction of sp³-hybridized carbons (Fsp3) is 0.280. The van der Waals surface area contributed by atoms with Crippen molar-refractivity contribution in [3.05, 3.63) is 76.7 Å². The Balaban J connectivity index is 2.01. The van der Waals surface area contributed by atoms with Gasteiger partial charge in [-0.05, 0) is 53.9 Å². The molecule has 0 aliphatic heterocycles. The van der Waals surface area contributed by atoms with E-state index >= 15 is 0 Å². The molecule has 1 aromatic heterocycles. The quantitative estimate of drug-likeness (QED) is 0.404. The number of hydrogen-bond donors (Lipinski definition) is 3. The molecule has 0 spiro atoms. The molecule has 0 fully saturated rings. The van der Waals surface area contributed by atoms with E-state index in [1.165, 1.54) is 18.3 Å². The molecule has 8 heteroatoms. The molecule has 0 aliphatic rings. The number of hydrogen-bond acceptors (Lipinski definition) is 7. The number of furan rings is 1. The van der Waals surface area contributed by atoms with Gasteiger partial charge < -0.3 is 29.4 Å². The van der Waals surface area contributed by atoms with Crippen LogP contribution in [0, 0.1) is 0 Å². The van der Waals surface area contributed by atoms with Gasteiger partial charge in [0.25, 0.3) is 0 Å². The zero-order valence-corrected chi connectivity index (χ0v) is 18.6. The lowest BCUT2D eigenvalue weighted by Gasteiger charge is -2.23. The number of carbonyl (C=O) groups is 2. The molecular weight excluding hydrogens is 426 g/mol. The summed E-state index contributed by atoms with van der Waals surface area (Å²) in [5.41, 5.74) is 0.920. The number of aliphatic hydroxyl groups is 1. The van der Waals surface area contributed by atoms with E-state index < -0.39 is 11.5 Å². The standard InChI is InChI=1S/C25H27NO7/c1-3-19-20(13-23(30)26(10-11-27)15-18-5-4-12-33-18)24(22(29)14-21(19)28)25(31)16-6-8-17(32-2)9-7-16/h4-9,12,14,27-29H,3,10-11,13,15H2,1-2H3. The maximum Gasteiger partial charge on any atom is 0.227 e. The molecule has 0 saturated carbocycles. The van der Waals surface area contributed by atoms with Crippen LogP contribution in [0.15, 0.2) is 53.1 Å². The summed E-state index contributed by atoms with van der Waals surface area (Å²) >= 11 is 0. The Morgan fingerprint density at radius 3 is 2.36 bits per heavy atom. The van der Waals surface area contributed by atoms with Gasteiger partial charge in [0.1, 0.15) is 23.0 Å². The molecule has 3 aromatic rings. The highest BCUT2D eigenvalue weighted by Gasteiger charge is 2.26. The van der Waals surface area contributed by atoms with Crippen LogP contribution in [0.5, 0.6) is 17.2 Å². The second kappa shape index (κ2) is 10.7. The number of benzene rings is 2. The van der Waals surface area contributed by atoms with Crippen LogP contribution in [0.3, 0.4) is 0 Å². The number of amides is 1. The molecule has 0 atom stereocenters. The second-order valence-electron chi connectivity index (χ2n) is 7.45. The first-order chi connectivity index (χ1) is 15.9. The minimum atomic E-state index is -0.479. The summed E-state index contributed by atoms with van der Waals surface area (Å²) in [5, 5.41) is 30.4. The number of nitrogens with zero attached hydrogens (tertiary/aromatic N) is 1. The van der Waals surface area contributed by atoms with Gasteiger partial charge in [-0.15, -0.1) is 0 Å². The average molecular weight is 453 g/mol. The van der Waals surface area contributed by atoms with Crippen molar-refractivity contribution in [1.82, 2.24) is 4.90 Å². The Morgan fingerprint density at radius 1 is 1.06 bits per heavy atom. The first kappa shape index (κ1) is 23.9. The lowest BCUT2D eigenvalue weighted by Crippen LogP contribution is -2.34. The number of aromatic hydroxyl groups is 2. The van der Waals surface area contributed by atoms with E-state index in [0.717, 1.165) is 6.07 Å². The molecule has 3 rings (SSSR count). The summed E-state index contributed by atoms with van der Waals surface area (Å²) in [5.74, 6) is -0.349. The van der Waals surface area contributed by atoms with Crippen molar-refractivity contribution in [1.29, 1.82) is 0 Å². The van der Waals surface area contributed by atoms with E-state index in [1.54, 1.807) is 43.3 Å². The van der Waals surface area contributed by atoms with E-state index in [-0.39, 0.29) is 48.9 Å². The summed E-state index contributed by atoms with van der Waals surface area (Å²) < 4.78 is 10.4. The van der Waals surface area contributed by atoms with Crippen LogP contribution in [0.2, 0.25) is 0 Å². The second-order valence-corrected chi connectivity index (χ2v) is 7.45. The minimum absolute atomic E-state index is 0.0369. The van der Waals surface area contributed by atoms with Gasteiger partial charge in [0, 0.05) is 18.2 Å². The molecule has 3 N–H and O–H groups in total. The van der Waals surface area contributed by atoms with Gasteiger partial charge in [0.2, 0.25) is 5.91 Å². The van der Waals surface area contributed by atoms with Crippen LogP contribution < -0.4 is 4.74 Å². The number of rotatable bonds is 10. The summed E-state index contributed by atoms with van der Waals surface area (Å²) in [6.07, 6.45) is 1.59. The third kappa shape index (κ3) is 5.35. The highest BCUT2D eigenvalue weighted by atomic mass is 16.5. The Labute approximate surface area is 191 Å². The highest BCUT2D eigenvalue weighted by molar-refractivity contribution is 6.12.